The minimum atomic E-state index is -0.882. The smallest absolute Gasteiger partial charge is 0.317 e. The van der Waals surface area contributed by atoms with Gasteiger partial charge in [0.2, 0.25) is 0 Å². The van der Waals surface area contributed by atoms with Gasteiger partial charge in [0.15, 0.2) is 0 Å². The molecule has 0 saturated heterocycles. The zero-order valence-electron chi connectivity index (χ0n) is 9.50. The molecule has 1 unspecified atom stereocenters. The molecule has 2 aromatic rings. The van der Waals surface area contributed by atoms with Crippen LogP contribution in [0.15, 0.2) is 48.7 Å². The Balaban J connectivity index is 2.43. The molecule has 17 heavy (non-hydrogen) atoms. The van der Waals surface area contributed by atoms with Crippen molar-refractivity contribution in [1.82, 2.24) is 4.98 Å². The Morgan fingerprint density at radius 3 is 2.41 bits per heavy atom. The second kappa shape index (κ2) is 4.78. The van der Waals surface area contributed by atoms with Gasteiger partial charge < -0.3 is 5.11 Å². The van der Waals surface area contributed by atoms with Crippen LogP contribution in [0.4, 0.5) is 0 Å². The molecule has 0 aliphatic carbocycles. The molecular weight excluding hydrogens is 214 g/mol. The van der Waals surface area contributed by atoms with E-state index in [2.05, 4.69) is 4.98 Å². The number of pyridine rings is 1. The number of aryl methyl sites for hydroxylation is 1. The lowest BCUT2D eigenvalue weighted by molar-refractivity contribution is -0.137. The van der Waals surface area contributed by atoms with Gasteiger partial charge in [-0.1, -0.05) is 35.9 Å². The monoisotopic (exact) mass is 227 g/mol. The molecule has 0 aliphatic rings. The van der Waals surface area contributed by atoms with Crippen molar-refractivity contribution in [3.63, 3.8) is 0 Å². The molecule has 0 spiro atoms. The summed E-state index contributed by atoms with van der Waals surface area (Å²) < 4.78 is 0. The quantitative estimate of drug-likeness (QED) is 0.876. The van der Waals surface area contributed by atoms with Gasteiger partial charge in [-0.05, 0) is 24.6 Å². The van der Waals surface area contributed by atoms with Gasteiger partial charge in [-0.2, -0.15) is 0 Å². The molecule has 0 radical (unpaired) electrons. The molecule has 1 N–H and O–H groups in total. The fraction of sp³-hybridized carbons (Fsp3) is 0.143. The predicted octanol–water partition coefficient (Wildman–Crippen LogP) is 2.61. The molecule has 1 heterocycles. The molecule has 86 valence electrons. The summed E-state index contributed by atoms with van der Waals surface area (Å²) >= 11 is 0. The van der Waals surface area contributed by atoms with Gasteiger partial charge in [0, 0.05) is 6.20 Å². The van der Waals surface area contributed by atoms with Crippen molar-refractivity contribution >= 4 is 5.97 Å². The second-order valence-corrected chi connectivity index (χ2v) is 3.94. The summed E-state index contributed by atoms with van der Waals surface area (Å²) in [6.07, 6.45) is 1.61. The van der Waals surface area contributed by atoms with Crippen LogP contribution < -0.4 is 0 Å². The third-order valence-electron chi connectivity index (χ3n) is 2.64. The van der Waals surface area contributed by atoms with Crippen molar-refractivity contribution in [2.45, 2.75) is 12.8 Å². The average molecular weight is 227 g/mol. The van der Waals surface area contributed by atoms with Gasteiger partial charge in [-0.15, -0.1) is 0 Å². The van der Waals surface area contributed by atoms with E-state index in [4.69, 9.17) is 0 Å². The molecule has 1 aromatic heterocycles. The van der Waals surface area contributed by atoms with E-state index >= 15 is 0 Å². The third kappa shape index (κ3) is 2.50. The first-order valence-electron chi connectivity index (χ1n) is 5.39. The van der Waals surface area contributed by atoms with Crippen LogP contribution in [0.2, 0.25) is 0 Å². The number of carboxylic acid groups (broad SMARTS) is 1. The molecule has 0 amide bonds. The fourth-order valence-corrected chi connectivity index (χ4v) is 1.75. The molecule has 2 rings (SSSR count). The number of nitrogens with zero attached hydrogens (tertiary/aromatic N) is 1. The van der Waals surface area contributed by atoms with Crippen LogP contribution in [0.5, 0.6) is 0 Å². The molecular formula is C14H13NO2. The van der Waals surface area contributed by atoms with E-state index in [1.165, 1.54) is 0 Å². The number of hydrogen-bond donors (Lipinski definition) is 1. The van der Waals surface area contributed by atoms with E-state index in [1.54, 1.807) is 24.4 Å². The minimum absolute atomic E-state index is 0.559. The maximum absolute atomic E-state index is 11.3. The number of hydrogen-bond acceptors (Lipinski definition) is 2. The van der Waals surface area contributed by atoms with E-state index in [9.17, 15) is 9.90 Å². The van der Waals surface area contributed by atoms with Gasteiger partial charge in [0.25, 0.3) is 0 Å². The summed E-state index contributed by atoms with van der Waals surface area (Å²) in [6.45, 7) is 1.97. The van der Waals surface area contributed by atoms with E-state index in [0.29, 0.717) is 5.69 Å². The molecule has 0 bridgehead atoms. The second-order valence-electron chi connectivity index (χ2n) is 3.94. The van der Waals surface area contributed by atoms with Crippen LogP contribution >= 0.6 is 0 Å². The topological polar surface area (TPSA) is 50.2 Å². The van der Waals surface area contributed by atoms with E-state index in [0.717, 1.165) is 11.1 Å². The highest BCUT2D eigenvalue weighted by atomic mass is 16.4. The Hall–Kier alpha value is -2.16. The standard InChI is InChI=1S/C14H13NO2/c1-10-5-7-11(8-6-10)13(14(16)17)12-4-2-3-9-15-12/h2-9,13H,1H3,(H,16,17). The molecule has 3 nitrogen and oxygen atoms in total. The van der Waals surface area contributed by atoms with Crippen LogP contribution in [-0.4, -0.2) is 16.1 Å². The first-order chi connectivity index (χ1) is 8.18. The maximum atomic E-state index is 11.3. The summed E-state index contributed by atoms with van der Waals surface area (Å²) in [5.74, 6) is -1.58. The van der Waals surface area contributed by atoms with Crippen LogP contribution in [0, 0.1) is 6.92 Å². The van der Waals surface area contributed by atoms with Crippen LogP contribution in [0.3, 0.4) is 0 Å². The number of aliphatic carboxylic acids is 1. The number of benzene rings is 1. The summed E-state index contributed by atoms with van der Waals surface area (Å²) in [4.78, 5) is 15.5. The first-order valence-corrected chi connectivity index (χ1v) is 5.39. The van der Waals surface area contributed by atoms with Crippen LogP contribution in [0.25, 0.3) is 0 Å². The van der Waals surface area contributed by atoms with Gasteiger partial charge in [0.1, 0.15) is 5.92 Å². The Labute approximate surface area is 99.8 Å². The third-order valence-corrected chi connectivity index (χ3v) is 2.64. The van der Waals surface area contributed by atoms with Crippen molar-refractivity contribution in [3.05, 3.63) is 65.5 Å². The van der Waals surface area contributed by atoms with Gasteiger partial charge >= 0.3 is 5.97 Å². The highest BCUT2D eigenvalue weighted by Crippen LogP contribution is 2.23. The highest BCUT2D eigenvalue weighted by Gasteiger charge is 2.22. The predicted molar refractivity (Wildman–Crippen MR) is 64.9 cm³/mol. The summed E-state index contributed by atoms with van der Waals surface area (Å²) in [7, 11) is 0. The normalized spacial score (nSPS) is 12.1. The van der Waals surface area contributed by atoms with E-state index < -0.39 is 11.9 Å². The Morgan fingerprint density at radius 1 is 1.18 bits per heavy atom. The Morgan fingerprint density at radius 2 is 1.88 bits per heavy atom. The molecule has 1 atom stereocenters. The molecule has 0 aliphatic heterocycles. The lowest BCUT2D eigenvalue weighted by atomic mass is 9.94. The minimum Gasteiger partial charge on any atom is -0.480 e. The summed E-state index contributed by atoms with van der Waals surface area (Å²) in [6, 6.07) is 12.8. The van der Waals surface area contributed by atoms with Gasteiger partial charge in [-0.3, -0.25) is 9.78 Å². The van der Waals surface area contributed by atoms with Crippen LogP contribution in [0.1, 0.15) is 22.7 Å². The van der Waals surface area contributed by atoms with Crippen LogP contribution in [-0.2, 0) is 4.79 Å². The number of rotatable bonds is 3. The fourth-order valence-electron chi connectivity index (χ4n) is 1.75. The first kappa shape index (κ1) is 11.3. The van der Waals surface area contributed by atoms with Gasteiger partial charge in [0.05, 0.1) is 5.69 Å². The number of aromatic nitrogens is 1. The average Bonchev–Trinajstić information content (AvgIpc) is 2.33. The number of carboxylic acids is 1. The van der Waals surface area contributed by atoms with E-state index in [-0.39, 0.29) is 0 Å². The van der Waals surface area contributed by atoms with Crippen molar-refractivity contribution in [2.24, 2.45) is 0 Å². The Kier molecular flexibility index (Phi) is 3.19. The SMILES string of the molecule is Cc1ccc(C(C(=O)O)c2ccccn2)cc1. The van der Waals surface area contributed by atoms with Crippen molar-refractivity contribution in [3.8, 4) is 0 Å². The lowest BCUT2D eigenvalue weighted by Crippen LogP contribution is -2.14. The zero-order chi connectivity index (χ0) is 12.3. The van der Waals surface area contributed by atoms with Crippen molar-refractivity contribution in [2.75, 3.05) is 0 Å². The lowest BCUT2D eigenvalue weighted by Gasteiger charge is -2.12. The Bertz CT molecular complexity index is 506. The summed E-state index contributed by atoms with van der Waals surface area (Å²) in [5.41, 5.74) is 2.42. The molecule has 0 saturated carbocycles. The van der Waals surface area contributed by atoms with Gasteiger partial charge in [-0.25, -0.2) is 0 Å². The molecule has 3 heteroatoms. The highest BCUT2D eigenvalue weighted by molar-refractivity contribution is 5.79. The molecule has 0 fully saturated rings. The van der Waals surface area contributed by atoms with Crippen molar-refractivity contribution in [1.29, 1.82) is 0 Å². The zero-order valence-corrected chi connectivity index (χ0v) is 9.50. The molecule has 1 aromatic carbocycles. The largest absolute Gasteiger partial charge is 0.480 e. The maximum Gasteiger partial charge on any atom is 0.317 e. The summed E-state index contributed by atoms with van der Waals surface area (Å²) in [5, 5.41) is 9.31. The number of carbonyl (C=O) groups is 1. The van der Waals surface area contributed by atoms with E-state index in [1.807, 2.05) is 31.2 Å². The van der Waals surface area contributed by atoms with Crippen molar-refractivity contribution < 1.29 is 9.90 Å².